The Bertz CT molecular complexity index is 952. The van der Waals surface area contributed by atoms with Crippen molar-refractivity contribution in [2.75, 3.05) is 12.4 Å². The minimum Gasteiger partial charge on any atom is -0.465 e. The normalized spacial score (nSPS) is 10.3. The van der Waals surface area contributed by atoms with Crippen LogP contribution in [-0.4, -0.2) is 13.1 Å². The third-order valence-electron chi connectivity index (χ3n) is 3.14. The molecule has 0 aliphatic carbocycles. The zero-order valence-corrected chi connectivity index (χ0v) is 14.4. The van der Waals surface area contributed by atoms with E-state index in [9.17, 15) is 18.0 Å². The van der Waals surface area contributed by atoms with E-state index >= 15 is 0 Å². The molecule has 138 valence electrons. The maximum Gasteiger partial charge on any atom is 0.416 e. The van der Waals surface area contributed by atoms with Crippen LogP contribution in [-0.2, 0) is 10.9 Å². The summed E-state index contributed by atoms with van der Waals surface area (Å²) in [6, 6.07) is 7.26. The van der Waals surface area contributed by atoms with Gasteiger partial charge in [-0.15, -0.1) is 11.3 Å². The van der Waals surface area contributed by atoms with Crippen LogP contribution in [0.3, 0.4) is 0 Å². The average molecular weight is 393 g/mol. The first-order valence-electron chi connectivity index (χ1n) is 7.12. The standard InChI is InChI=1S/C17H10F3N3O3S/c1-25-16(24)15-14(4-5-27-15)26-13-3-2-11(17(18,19)20)6-12(13)23-9-10(7-21)8-22/h2-6,9,23H,1H3. The minimum absolute atomic E-state index is 0.0435. The molecule has 10 heteroatoms. The third kappa shape index (κ3) is 4.77. The summed E-state index contributed by atoms with van der Waals surface area (Å²) < 4.78 is 49.1. The molecule has 1 aromatic heterocycles. The number of thiophene rings is 1. The van der Waals surface area contributed by atoms with Gasteiger partial charge in [-0.2, -0.15) is 23.7 Å². The maximum atomic E-state index is 13.0. The first-order valence-corrected chi connectivity index (χ1v) is 8.00. The van der Waals surface area contributed by atoms with E-state index in [2.05, 4.69) is 10.1 Å². The van der Waals surface area contributed by atoms with Crippen molar-refractivity contribution < 1.29 is 27.4 Å². The Morgan fingerprint density at radius 1 is 1.22 bits per heavy atom. The van der Waals surface area contributed by atoms with Gasteiger partial charge in [0.2, 0.25) is 0 Å². The smallest absolute Gasteiger partial charge is 0.416 e. The van der Waals surface area contributed by atoms with E-state index in [1.54, 1.807) is 17.5 Å². The van der Waals surface area contributed by atoms with E-state index in [-0.39, 0.29) is 27.6 Å². The summed E-state index contributed by atoms with van der Waals surface area (Å²) in [5.74, 6) is -0.602. The number of esters is 1. The Morgan fingerprint density at radius 2 is 1.93 bits per heavy atom. The van der Waals surface area contributed by atoms with Crippen LogP contribution >= 0.6 is 11.3 Å². The number of alkyl halides is 3. The van der Waals surface area contributed by atoms with Gasteiger partial charge >= 0.3 is 12.1 Å². The number of carbonyl (C=O) groups is 1. The molecule has 0 amide bonds. The molecule has 2 aromatic rings. The third-order valence-corrected chi connectivity index (χ3v) is 4.02. The number of anilines is 1. The molecule has 27 heavy (non-hydrogen) atoms. The maximum absolute atomic E-state index is 13.0. The van der Waals surface area contributed by atoms with Crippen molar-refractivity contribution in [3.8, 4) is 23.6 Å². The summed E-state index contributed by atoms with van der Waals surface area (Å²) in [5.41, 5.74) is -1.45. The van der Waals surface area contributed by atoms with Gasteiger partial charge in [0.15, 0.2) is 16.4 Å². The number of benzene rings is 1. The highest BCUT2D eigenvalue weighted by atomic mass is 32.1. The summed E-state index contributed by atoms with van der Waals surface area (Å²) >= 11 is 1.04. The lowest BCUT2D eigenvalue weighted by molar-refractivity contribution is -0.137. The molecule has 1 aromatic carbocycles. The van der Waals surface area contributed by atoms with Gasteiger partial charge in [0.05, 0.1) is 18.4 Å². The molecule has 0 fully saturated rings. The molecule has 1 N–H and O–H groups in total. The highest BCUT2D eigenvalue weighted by molar-refractivity contribution is 7.12. The summed E-state index contributed by atoms with van der Waals surface area (Å²) in [4.78, 5) is 11.8. The highest BCUT2D eigenvalue weighted by Crippen LogP contribution is 2.38. The Labute approximate surface area is 155 Å². The fourth-order valence-electron chi connectivity index (χ4n) is 1.89. The number of hydrogen-bond acceptors (Lipinski definition) is 7. The number of rotatable bonds is 5. The monoisotopic (exact) mass is 393 g/mol. The van der Waals surface area contributed by atoms with Gasteiger partial charge in [0.1, 0.15) is 17.7 Å². The van der Waals surface area contributed by atoms with Gasteiger partial charge in [-0.05, 0) is 29.6 Å². The Kier molecular flexibility index (Phi) is 6.06. The van der Waals surface area contributed by atoms with Gasteiger partial charge < -0.3 is 14.8 Å². The topological polar surface area (TPSA) is 95.1 Å². The summed E-state index contributed by atoms with van der Waals surface area (Å²) in [6.07, 6.45) is -3.65. The molecule has 0 aliphatic heterocycles. The van der Waals surface area contributed by atoms with Crippen LogP contribution in [0.15, 0.2) is 41.4 Å². The van der Waals surface area contributed by atoms with E-state index in [0.29, 0.717) is 0 Å². The van der Waals surface area contributed by atoms with E-state index in [1.165, 1.54) is 13.2 Å². The second-order valence-electron chi connectivity index (χ2n) is 4.84. The lowest BCUT2D eigenvalue weighted by Gasteiger charge is -2.14. The number of allylic oxidation sites excluding steroid dienone is 1. The van der Waals surface area contributed by atoms with Crippen LogP contribution < -0.4 is 10.1 Å². The molecule has 0 saturated heterocycles. The van der Waals surface area contributed by atoms with E-state index < -0.39 is 17.7 Å². The number of methoxy groups -OCH3 is 1. The number of carbonyl (C=O) groups excluding carboxylic acids is 1. The van der Waals surface area contributed by atoms with Crippen molar-refractivity contribution in [2.45, 2.75) is 6.18 Å². The Hall–Kier alpha value is -3.50. The molecule has 1 heterocycles. The van der Waals surface area contributed by atoms with E-state index in [0.717, 1.165) is 35.7 Å². The molecule has 0 unspecified atom stereocenters. The number of nitriles is 2. The Balaban J connectivity index is 2.45. The quantitative estimate of drug-likeness (QED) is 0.585. The number of nitrogens with one attached hydrogen (secondary N) is 1. The van der Waals surface area contributed by atoms with Gasteiger partial charge in [-0.3, -0.25) is 0 Å². The summed E-state index contributed by atoms with van der Waals surface area (Å²) in [6.45, 7) is 0. The second-order valence-corrected chi connectivity index (χ2v) is 5.76. The largest absolute Gasteiger partial charge is 0.465 e. The van der Waals surface area contributed by atoms with Crippen LogP contribution in [0.4, 0.5) is 18.9 Å². The van der Waals surface area contributed by atoms with Crippen molar-refractivity contribution in [3.63, 3.8) is 0 Å². The fourth-order valence-corrected chi connectivity index (χ4v) is 2.62. The van der Waals surface area contributed by atoms with Crippen molar-refractivity contribution in [3.05, 3.63) is 51.9 Å². The number of nitrogens with zero attached hydrogens (tertiary/aromatic N) is 2. The molecule has 0 saturated carbocycles. The van der Waals surface area contributed by atoms with Crippen LogP contribution in [0.5, 0.6) is 11.5 Å². The molecule has 0 spiro atoms. The Morgan fingerprint density at radius 3 is 2.52 bits per heavy atom. The first-order chi connectivity index (χ1) is 12.8. The minimum atomic E-state index is -4.61. The number of hydrogen-bond donors (Lipinski definition) is 1. The second kappa shape index (κ2) is 8.25. The van der Waals surface area contributed by atoms with Gasteiger partial charge in [-0.1, -0.05) is 0 Å². The first kappa shape index (κ1) is 19.8. The van der Waals surface area contributed by atoms with Gasteiger partial charge in [0.25, 0.3) is 0 Å². The summed E-state index contributed by atoms with van der Waals surface area (Å²) in [7, 11) is 1.19. The van der Waals surface area contributed by atoms with Crippen molar-refractivity contribution in [2.24, 2.45) is 0 Å². The molecular formula is C17H10F3N3O3S. The highest BCUT2D eigenvalue weighted by Gasteiger charge is 2.31. The lowest BCUT2D eigenvalue weighted by atomic mass is 10.1. The number of ether oxygens (including phenoxy) is 2. The number of halogens is 3. The summed E-state index contributed by atoms with van der Waals surface area (Å²) in [5, 5.41) is 21.5. The van der Waals surface area contributed by atoms with E-state index in [1.807, 2.05) is 0 Å². The fraction of sp³-hybridized carbons (Fsp3) is 0.118. The molecule has 0 aliphatic rings. The lowest BCUT2D eigenvalue weighted by Crippen LogP contribution is -2.06. The zero-order chi connectivity index (χ0) is 20.0. The molecule has 0 atom stereocenters. The van der Waals surface area contributed by atoms with Crippen molar-refractivity contribution in [1.82, 2.24) is 0 Å². The molecule has 2 rings (SSSR count). The molecule has 0 bridgehead atoms. The predicted molar refractivity (Wildman–Crippen MR) is 90.1 cm³/mol. The van der Waals surface area contributed by atoms with Crippen LogP contribution in [0.25, 0.3) is 0 Å². The molecule has 0 radical (unpaired) electrons. The average Bonchev–Trinajstić information content (AvgIpc) is 3.10. The van der Waals surface area contributed by atoms with E-state index in [4.69, 9.17) is 15.3 Å². The van der Waals surface area contributed by atoms with Gasteiger partial charge in [0, 0.05) is 6.20 Å². The van der Waals surface area contributed by atoms with Gasteiger partial charge in [-0.25, -0.2) is 4.79 Å². The van der Waals surface area contributed by atoms with Crippen molar-refractivity contribution >= 4 is 23.0 Å². The van der Waals surface area contributed by atoms with Crippen LogP contribution in [0, 0.1) is 22.7 Å². The molecule has 6 nitrogen and oxygen atoms in total. The van der Waals surface area contributed by atoms with Crippen LogP contribution in [0.2, 0.25) is 0 Å². The molecular weight excluding hydrogens is 383 g/mol. The zero-order valence-electron chi connectivity index (χ0n) is 13.6. The SMILES string of the molecule is COC(=O)c1sccc1Oc1ccc(C(F)(F)F)cc1NC=C(C#N)C#N. The predicted octanol–water partition coefficient (Wildman–Crippen LogP) is 4.69. The van der Waals surface area contributed by atoms with Crippen molar-refractivity contribution in [1.29, 1.82) is 10.5 Å². The van der Waals surface area contributed by atoms with Crippen LogP contribution in [0.1, 0.15) is 15.2 Å².